The second-order valence-electron chi connectivity index (χ2n) is 3.57. The summed E-state index contributed by atoms with van der Waals surface area (Å²) in [5, 5.41) is 1.97. The molecule has 0 atom stereocenters. The normalized spacial score (nSPS) is 10.5. The molecule has 0 fully saturated rings. The molecule has 0 aromatic carbocycles. The summed E-state index contributed by atoms with van der Waals surface area (Å²) in [7, 11) is 0. The summed E-state index contributed by atoms with van der Waals surface area (Å²) in [6.07, 6.45) is 2.05. The SMILES string of the molecule is NCc1cc(C(=O)Cc2cc(Br)cs2)ccn1. The second kappa shape index (κ2) is 5.53. The van der Waals surface area contributed by atoms with Crippen LogP contribution < -0.4 is 5.73 Å². The Morgan fingerprint density at radius 1 is 1.47 bits per heavy atom. The molecule has 0 unspecified atom stereocenters. The summed E-state index contributed by atoms with van der Waals surface area (Å²) in [6, 6.07) is 5.45. The summed E-state index contributed by atoms with van der Waals surface area (Å²) in [5.74, 6) is 0.0939. The lowest BCUT2D eigenvalue weighted by Gasteiger charge is -2.01. The van der Waals surface area contributed by atoms with Crippen LogP contribution in [0.5, 0.6) is 0 Å². The lowest BCUT2D eigenvalue weighted by molar-refractivity contribution is 0.0993. The van der Waals surface area contributed by atoms with Gasteiger partial charge < -0.3 is 5.73 Å². The van der Waals surface area contributed by atoms with Crippen LogP contribution in [0.25, 0.3) is 0 Å². The summed E-state index contributed by atoms with van der Waals surface area (Å²) in [5.41, 5.74) is 6.91. The van der Waals surface area contributed by atoms with Crippen molar-refractivity contribution < 1.29 is 4.79 Å². The molecule has 5 heteroatoms. The molecule has 3 nitrogen and oxygen atoms in total. The number of carbonyl (C=O) groups is 1. The van der Waals surface area contributed by atoms with Crippen LogP contribution in [0.4, 0.5) is 0 Å². The first-order chi connectivity index (χ1) is 8.19. The fraction of sp³-hybridized carbons (Fsp3) is 0.167. The Morgan fingerprint density at radius 2 is 2.29 bits per heavy atom. The van der Waals surface area contributed by atoms with Crippen LogP contribution >= 0.6 is 27.3 Å². The molecule has 2 N–H and O–H groups in total. The summed E-state index contributed by atoms with van der Waals surface area (Å²) < 4.78 is 1.02. The maximum absolute atomic E-state index is 12.0. The predicted molar refractivity (Wildman–Crippen MR) is 72.2 cm³/mol. The van der Waals surface area contributed by atoms with Crippen LogP contribution in [-0.4, -0.2) is 10.8 Å². The molecule has 17 heavy (non-hydrogen) atoms. The number of hydrogen-bond donors (Lipinski definition) is 1. The van der Waals surface area contributed by atoms with E-state index < -0.39 is 0 Å². The van der Waals surface area contributed by atoms with Gasteiger partial charge in [0, 0.05) is 39.5 Å². The van der Waals surface area contributed by atoms with Crippen LogP contribution in [0.1, 0.15) is 20.9 Å². The van der Waals surface area contributed by atoms with E-state index >= 15 is 0 Å². The van der Waals surface area contributed by atoms with Crippen LogP contribution in [0.2, 0.25) is 0 Å². The monoisotopic (exact) mass is 310 g/mol. The van der Waals surface area contributed by atoms with E-state index in [4.69, 9.17) is 5.73 Å². The lowest BCUT2D eigenvalue weighted by atomic mass is 10.1. The summed E-state index contributed by atoms with van der Waals surface area (Å²) in [6.45, 7) is 0.353. The fourth-order valence-electron chi connectivity index (χ4n) is 1.47. The highest BCUT2D eigenvalue weighted by Crippen LogP contribution is 2.21. The standard InChI is InChI=1S/C12H11BrN2OS/c13-9-4-11(17-7-9)5-12(16)8-1-2-15-10(3-8)6-14/h1-4,7H,5-6,14H2. The number of aromatic nitrogens is 1. The van der Waals surface area contributed by atoms with Gasteiger partial charge in [0.05, 0.1) is 5.69 Å². The van der Waals surface area contributed by atoms with Crippen LogP contribution in [0.3, 0.4) is 0 Å². The first kappa shape index (κ1) is 12.4. The van der Waals surface area contributed by atoms with Crippen molar-refractivity contribution in [3.05, 3.63) is 50.4 Å². The zero-order chi connectivity index (χ0) is 12.3. The van der Waals surface area contributed by atoms with Gasteiger partial charge in [-0.2, -0.15) is 0 Å². The highest BCUT2D eigenvalue weighted by Gasteiger charge is 2.09. The quantitative estimate of drug-likeness (QED) is 0.883. The van der Waals surface area contributed by atoms with E-state index in [2.05, 4.69) is 20.9 Å². The van der Waals surface area contributed by atoms with Gasteiger partial charge in [0.1, 0.15) is 0 Å². The van der Waals surface area contributed by atoms with E-state index in [1.165, 1.54) is 0 Å². The summed E-state index contributed by atoms with van der Waals surface area (Å²) >= 11 is 4.95. The molecule has 0 bridgehead atoms. The van der Waals surface area contributed by atoms with Crippen molar-refractivity contribution in [1.82, 2.24) is 4.98 Å². The molecule has 2 aromatic rings. The van der Waals surface area contributed by atoms with E-state index in [-0.39, 0.29) is 5.78 Å². The first-order valence-electron chi connectivity index (χ1n) is 5.10. The number of carbonyl (C=O) groups excluding carboxylic acids is 1. The Morgan fingerprint density at radius 3 is 2.94 bits per heavy atom. The number of nitrogens with two attached hydrogens (primary N) is 1. The van der Waals surface area contributed by atoms with Gasteiger partial charge in [-0.15, -0.1) is 11.3 Å². The van der Waals surface area contributed by atoms with Crippen molar-refractivity contribution in [1.29, 1.82) is 0 Å². The van der Waals surface area contributed by atoms with Crippen LogP contribution in [0.15, 0.2) is 34.2 Å². The highest BCUT2D eigenvalue weighted by molar-refractivity contribution is 9.10. The van der Waals surface area contributed by atoms with Gasteiger partial charge in [-0.25, -0.2) is 0 Å². The number of Topliss-reactive ketones (excluding diaryl/α,β-unsaturated/α-hetero) is 1. The topological polar surface area (TPSA) is 56.0 Å². The van der Waals surface area contributed by atoms with Crippen LogP contribution in [-0.2, 0) is 13.0 Å². The second-order valence-corrected chi connectivity index (χ2v) is 5.48. The minimum Gasteiger partial charge on any atom is -0.325 e. The van der Waals surface area contributed by atoms with Gasteiger partial charge >= 0.3 is 0 Å². The first-order valence-corrected chi connectivity index (χ1v) is 6.77. The average Bonchev–Trinajstić information content (AvgIpc) is 2.75. The zero-order valence-electron chi connectivity index (χ0n) is 9.02. The van der Waals surface area contributed by atoms with E-state index in [1.54, 1.807) is 29.7 Å². The van der Waals surface area contributed by atoms with E-state index in [9.17, 15) is 4.79 Å². The zero-order valence-corrected chi connectivity index (χ0v) is 11.4. The van der Waals surface area contributed by atoms with Crippen LogP contribution in [0, 0.1) is 0 Å². The number of halogens is 1. The molecule has 2 aromatic heterocycles. The molecular weight excluding hydrogens is 300 g/mol. The Bertz CT molecular complexity index is 539. The molecular formula is C12H11BrN2OS. The Hall–Kier alpha value is -1.04. The molecule has 0 spiro atoms. The van der Waals surface area contributed by atoms with Crippen molar-refractivity contribution in [3.63, 3.8) is 0 Å². The number of ketones is 1. The third kappa shape index (κ3) is 3.21. The lowest BCUT2D eigenvalue weighted by Crippen LogP contribution is -2.06. The third-order valence-electron chi connectivity index (χ3n) is 2.30. The molecule has 0 radical (unpaired) electrons. The molecule has 88 valence electrons. The molecule has 0 aliphatic carbocycles. The predicted octanol–water partition coefficient (Wildman–Crippen LogP) is 2.79. The van der Waals surface area contributed by atoms with Crippen molar-refractivity contribution in [2.45, 2.75) is 13.0 Å². The van der Waals surface area contributed by atoms with E-state index in [1.807, 2.05) is 11.4 Å². The van der Waals surface area contributed by atoms with Crippen molar-refractivity contribution in [2.75, 3.05) is 0 Å². The molecule has 0 saturated heterocycles. The molecule has 0 aliphatic heterocycles. The van der Waals surface area contributed by atoms with Gasteiger partial charge in [-0.05, 0) is 34.1 Å². The highest BCUT2D eigenvalue weighted by atomic mass is 79.9. The maximum atomic E-state index is 12.0. The maximum Gasteiger partial charge on any atom is 0.168 e. The van der Waals surface area contributed by atoms with Gasteiger partial charge in [0.2, 0.25) is 0 Å². The van der Waals surface area contributed by atoms with Crippen molar-refractivity contribution in [3.8, 4) is 0 Å². The number of rotatable bonds is 4. The average molecular weight is 311 g/mol. The number of nitrogens with zero attached hydrogens (tertiary/aromatic N) is 1. The largest absolute Gasteiger partial charge is 0.325 e. The third-order valence-corrected chi connectivity index (χ3v) is 4.00. The van der Waals surface area contributed by atoms with Gasteiger partial charge in [0.25, 0.3) is 0 Å². The molecule has 0 amide bonds. The van der Waals surface area contributed by atoms with Gasteiger partial charge in [-0.3, -0.25) is 9.78 Å². The molecule has 2 heterocycles. The van der Waals surface area contributed by atoms with Gasteiger partial charge in [-0.1, -0.05) is 0 Å². The number of hydrogen-bond acceptors (Lipinski definition) is 4. The van der Waals surface area contributed by atoms with Crippen molar-refractivity contribution in [2.24, 2.45) is 5.73 Å². The summed E-state index contributed by atoms with van der Waals surface area (Å²) in [4.78, 5) is 17.1. The minimum absolute atomic E-state index is 0.0939. The smallest absolute Gasteiger partial charge is 0.168 e. The van der Waals surface area contributed by atoms with E-state index in [0.29, 0.717) is 18.5 Å². The Balaban J connectivity index is 2.14. The molecule has 0 aliphatic rings. The molecule has 0 saturated carbocycles. The van der Waals surface area contributed by atoms with Gasteiger partial charge in [0.15, 0.2) is 5.78 Å². The van der Waals surface area contributed by atoms with Crippen molar-refractivity contribution >= 4 is 33.0 Å². The minimum atomic E-state index is 0.0939. The van der Waals surface area contributed by atoms with E-state index in [0.717, 1.165) is 15.0 Å². The molecule has 2 rings (SSSR count). The Labute approximate surface area is 112 Å². The Kier molecular flexibility index (Phi) is 4.04. The fourth-order valence-corrected chi connectivity index (χ4v) is 2.92. The number of pyridine rings is 1. The number of thiophene rings is 1.